The third-order valence-corrected chi connectivity index (χ3v) is 4.54. The molecule has 0 aliphatic rings. The molecular weight excluding hydrogens is 326 g/mol. The smallest absolute Gasteiger partial charge is 0.124 e. The predicted molar refractivity (Wildman–Crippen MR) is 90.2 cm³/mol. The fraction of sp³-hybridized carbons (Fsp3) is 0.235. The van der Waals surface area contributed by atoms with Crippen molar-refractivity contribution >= 4 is 27.0 Å². The molecule has 3 rings (SSSR count). The maximum absolute atomic E-state index is 4.63. The summed E-state index contributed by atoms with van der Waals surface area (Å²) in [5.74, 6) is 0.977. The van der Waals surface area contributed by atoms with Gasteiger partial charge in [0.15, 0.2) is 0 Å². The summed E-state index contributed by atoms with van der Waals surface area (Å²) in [6.07, 6.45) is 0. The SMILES string of the molecule is Cc1cc(CNC(C)c2nc3ccccc3[nH]2)ccc1Br. The number of fused-ring (bicyclic) bond motifs is 1. The van der Waals surface area contributed by atoms with Crippen molar-refractivity contribution in [2.24, 2.45) is 0 Å². The van der Waals surface area contributed by atoms with Gasteiger partial charge in [0.1, 0.15) is 5.82 Å². The first-order valence-corrected chi connectivity index (χ1v) is 7.86. The summed E-state index contributed by atoms with van der Waals surface area (Å²) in [6.45, 7) is 5.06. The Balaban J connectivity index is 1.70. The molecule has 108 valence electrons. The molecule has 21 heavy (non-hydrogen) atoms. The van der Waals surface area contributed by atoms with Crippen molar-refractivity contribution in [1.29, 1.82) is 0 Å². The van der Waals surface area contributed by atoms with Gasteiger partial charge in [-0.3, -0.25) is 0 Å². The lowest BCUT2D eigenvalue weighted by Crippen LogP contribution is -2.19. The Morgan fingerprint density at radius 3 is 2.81 bits per heavy atom. The van der Waals surface area contributed by atoms with Crippen LogP contribution in [0.2, 0.25) is 0 Å². The number of imidazole rings is 1. The second-order valence-electron chi connectivity index (χ2n) is 5.33. The van der Waals surface area contributed by atoms with E-state index in [1.54, 1.807) is 0 Å². The fourth-order valence-electron chi connectivity index (χ4n) is 2.36. The van der Waals surface area contributed by atoms with Crippen LogP contribution in [-0.4, -0.2) is 9.97 Å². The molecule has 2 aromatic carbocycles. The number of aromatic nitrogens is 2. The molecule has 0 fully saturated rings. The standard InChI is InChI=1S/C17H18BrN3/c1-11-9-13(7-8-14(11)18)10-19-12(2)17-20-15-5-3-4-6-16(15)21-17/h3-9,12,19H,10H2,1-2H3,(H,20,21). The minimum Gasteiger partial charge on any atom is -0.341 e. The first-order valence-electron chi connectivity index (χ1n) is 7.06. The number of aryl methyl sites for hydroxylation is 1. The zero-order chi connectivity index (χ0) is 14.8. The van der Waals surface area contributed by atoms with Crippen LogP contribution >= 0.6 is 15.9 Å². The maximum Gasteiger partial charge on any atom is 0.124 e. The van der Waals surface area contributed by atoms with Crippen molar-refractivity contribution in [3.05, 3.63) is 63.9 Å². The van der Waals surface area contributed by atoms with Gasteiger partial charge in [0.25, 0.3) is 0 Å². The number of nitrogens with zero attached hydrogens (tertiary/aromatic N) is 1. The molecule has 0 aliphatic carbocycles. The number of rotatable bonds is 4. The molecule has 1 aromatic heterocycles. The molecule has 0 aliphatic heterocycles. The van der Waals surface area contributed by atoms with E-state index in [4.69, 9.17) is 0 Å². The maximum atomic E-state index is 4.63. The second-order valence-corrected chi connectivity index (χ2v) is 6.18. The van der Waals surface area contributed by atoms with Crippen LogP contribution in [0.4, 0.5) is 0 Å². The van der Waals surface area contributed by atoms with Crippen LogP contribution in [0.3, 0.4) is 0 Å². The summed E-state index contributed by atoms with van der Waals surface area (Å²) in [4.78, 5) is 8.00. The summed E-state index contributed by atoms with van der Waals surface area (Å²) in [6, 6.07) is 14.7. The van der Waals surface area contributed by atoms with Gasteiger partial charge in [0.2, 0.25) is 0 Å². The van der Waals surface area contributed by atoms with Crippen LogP contribution in [-0.2, 0) is 6.54 Å². The molecule has 3 aromatic rings. The fourth-order valence-corrected chi connectivity index (χ4v) is 2.61. The van der Waals surface area contributed by atoms with Crippen molar-refractivity contribution in [3.63, 3.8) is 0 Å². The highest BCUT2D eigenvalue weighted by atomic mass is 79.9. The summed E-state index contributed by atoms with van der Waals surface area (Å²) < 4.78 is 1.15. The number of H-pyrrole nitrogens is 1. The number of aromatic amines is 1. The van der Waals surface area contributed by atoms with Crippen LogP contribution in [0.5, 0.6) is 0 Å². The van der Waals surface area contributed by atoms with Crippen molar-refractivity contribution in [2.75, 3.05) is 0 Å². The summed E-state index contributed by atoms with van der Waals surface area (Å²) in [5, 5.41) is 3.51. The molecular formula is C17H18BrN3. The van der Waals surface area contributed by atoms with Crippen LogP contribution < -0.4 is 5.32 Å². The van der Waals surface area contributed by atoms with Crippen molar-refractivity contribution in [1.82, 2.24) is 15.3 Å². The molecule has 4 heteroatoms. The van der Waals surface area contributed by atoms with Gasteiger partial charge in [-0.15, -0.1) is 0 Å². The number of para-hydroxylation sites is 2. The first kappa shape index (κ1) is 14.3. The first-order chi connectivity index (χ1) is 10.1. The number of nitrogens with one attached hydrogen (secondary N) is 2. The van der Waals surface area contributed by atoms with Gasteiger partial charge in [0, 0.05) is 11.0 Å². The molecule has 0 saturated carbocycles. The molecule has 0 amide bonds. The summed E-state index contributed by atoms with van der Waals surface area (Å²) in [7, 11) is 0. The number of hydrogen-bond acceptors (Lipinski definition) is 2. The zero-order valence-electron chi connectivity index (χ0n) is 12.2. The average Bonchev–Trinajstić information content (AvgIpc) is 2.92. The highest BCUT2D eigenvalue weighted by molar-refractivity contribution is 9.10. The Morgan fingerprint density at radius 1 is 1.24 bits per heavy atom. The zero-order valence-corrected chi connectivity index (χ0v) is 13.7. The monoisotopic (exact) mass is 343 g/mol. The largest absolute Gasteiger partial charge is 0.341 e. The van der Waals surface area contributed by atoms with E-state index in [2.05, 4.69) is 69.3 Å². The molecule has 0 saturated heterocycles. The lowest BCUT2D eigenvalue weighted by Gasteiger charge is -2.12. The quantitative estimate of drug-likeness (QED) is 0.732. The van der Waals surface area contributed by atoms with Gasteiger partial charge in [-0.05, 0) is 43.2 Å². The van der Waals surface area contributed by atoms with Crippen LogP contribution in [0.1, 0.15) is 29.9 Å². The number of halogens is 1. The Bertz CT molecular complexity index is 731. The molecule has 2 N–H and O–H groups in total. The molecule has 0 bridgehead atoms. The van der Waals surface area contributed by atoms with E-state index < -0.39 is 0 Å². The minimum absolute atomic E-state index is 0.182. The Labute approximate surface area is 132 Å². The molecule has 3 nitrogen and oxygen atoms in total. The van der Waals surface area contributed by atoms with Crippen LogP contribution in [0.15, 0.2) is 46.9 Å². The van der Waals surface area contributed by atoms with Gasteiger partial charge < -0.3 is 10.3 Å². The van der Waals surface area contributed by atoms with Crippen LogP contribution in [0.25, 0.3) is 11.0 Å². The normalized spacial score (nSPS) is 12.7. The Hall–Kier alpha value is -1.65. The van der Waals surface area contributed by atoms with Gasteiger partial charge >= 0.3 is 0 Å². The highest BCUT2D eigenvalue weighted by Crippen LogP contribution is 2.19. The van der Waals surface area contributed by atoms with E-state index in [1.165, 1.54) is 11.1 Å². The number of benzene rings is 2. The van der Waals surface area contributed by atoms with E-state index in [0.717, 1.165) is 27.9 Å². The topological polar surface area (TPSA) is 40.7 Å². The minimum atomic E-state index is 0.182. The Morgan fingerprint density at radius 2 is 2.05 bits per heavy atom. The molecule has 0 radical (unpaired) electrons. The van der Waals surface area contributed by atoms with E-state index >= 15 is 0 Å². The van der Waals surface area contributed by atoms with E-state index in [1.807, 2.05) is 18.2 Å². The van der Waals surface area contributed by atoms with Gasteiger partial charge in [-0.25, -0.2) is 4.98 Å². The highest BCUT2D eigenvalue weighted by Gasteiger charge is 2.10. The lowest BCUT2D eigenvalue weighted by molar-refractivity contribution is 0.552. The van der Waals surface area contributed by atoms with E-state index in [9.17, 15) is 0 Å². The van der Waals surface area contributed by atoms with Gasteiger partial charge in [-0.1, -0.05) is 40.2 Å². The van der Waals surface area contributed by atoms with Crippen molar-refractivity contribution < 1.29 is 0 Å². The van der Waals surface area contributed by atoms with Crippen molar-refractivity contribution in [2.45, 2.75) is 26.4 Å². The second kappa shape index (κ2) is 6.00. The molecule has 1 unspecified atom stereocenters. The van der Waals surface area contributed by atoms with Gasteiger partial charge in [-0.2, -0.15) is 0 Å². The summed E-state index contributed by atoms with van der Waals surface area (Å²) in [5.41, 5.74) is 4.63. The van der Waals surface area contributed by atoms with E-state index in [-0.39, 0.29) is 6.04 Å². The Kier molecular flexibility index (Phi) is 4.08. The predicted octanol–water partition coefficient (Wildman–Crippen LogP) is 4.48. The molecule has 1 atom stereocenters. The number of hydrogen-bond donors (Lipinski definition) is 2. The summed E-state index contributed by atoms with van der Waals surface area (Å²) >= 11 is 3.53. The van der Waals surface area contributed by atoms with Crippen LogP contribution in [0, 0.1) is 6.92 Å². The molecule has 1 heterocycles. The molecule has 0 spiro atoms. The third-order valence-electron chi connectivity index (χ3n) is 3.65. The third kappa shape index (κ3) is 3.17. The average molecular weight is 344 g/mol. The van der Waals surface area contributed by atoms with E-state index in [0.29, 0.717) is 0 Å². The van der Waals surface area contributed by atoms with Crippen molar-refractivity contribution in [3.8, 4) is 0 Å². The lowest BCUT2D eigenvalue weighted by atomic mass is 10.1. The van der Waals surface area contributed by atoms with Gasteiger partial charge in [0.05, 0.1) is 17.1 Å².